The van der Waals surface area contributed by atoms with E-state index in [2.05, 4.69) is 4.18 Å². The van der Waals surface area contributed by atoms with Gasteiger partial charge >= 0.3 is 11.9 Å². The molecule has 0 spiro atoms. The lowest BCUT2D eigenvalue weighted by molar-refractivity contribution is -0.176. The molecule has 1 aromatic rings. The van der Waals surface area contributed by atoms with E-state index >= 15 is 0 Å². The van der Waals surface area contributed by atoms with E-state index in [1.165, 1.54) is 24.3 Å². The quantitative estimate of drug-likeness (QED) is 0.838. The van der Waals surface area contributed by atoms with Crippen LogP contribution in [0.25, 0.3) is 0 Å². The lowest BCUT2D eigenvalue weighted by Crippen LogP contribution is -2.42. The topological polar surface area (TPSA) is 80.7 Å². The van der Waals surface area contributed by atoms with Crippen LogP contribution in [0.3, 0.4) is 0 Å². The number of hydrogen-bond acceptors (Lipinski definition) is 4. The van der Waals surface area contributed by atoms with Gasteiger partial charge in [-0.05, 0) is 26.0 Å². The van der Waals surface area contributed by atoms with E-state index in [-0.39, 0.29) is 4.90 Å². The number of aliphatic carboxylic acids is 1. The van der Waals surface area contributed by atoms with Crippen LogP contribution >= 0.6 is 0 Å². The molecule has 0 amide bonds. The summed E-state index contributed by atoms with van der Waals surface area (Å²) in [4.78, 5) is 9.99. The van der Waals surface area contributed by atoms with Gasteiger partial charge in [-0.15, -0.1) is 0 Å². The summed E-state index contributed by atoms with van der Waals surface area (Å²) in [5, 5.41) is 8.29. The van der Waals surface area contributed by atoms with Gasteiger partial charge in [-0.25, -0.2) is 4.79 Å². The van der Waals surface area contributed by atoms with Gasteiger partial charge < -0.3 is 5.11 Å². The SMILES string of the molecule is Cc1ccc(S(=O)(=O)OC(C)C(F)(F)C(=O)O)cc1. The number of halogens is 2. The highest BCUT2D eigenvalue weighted by Crippen LogP contribution is 2.25. The summed E-state index contributed by atoms with van der Waals surface area (Å²) in [6, 6.07) is 5.32. The largest absolute Gasteiger partial charge is 0.477 e. The Balaban J connectivity index is 2.98. The van der Waals surface area contributed by atoms with Crippen LogP contribution in [0.15, 0.2) is 29.2 Å². The summed E-state index contributed by atoms with van der Waals surface area (Å²) >= 11 is 0. The molecule has 1 N–H and O–H groups in total. The molecule has 0 bridgehead atoms. The van der Waals surface area contributed by atoms with Crippen molar-refractivity contribution in [1.82, 2.24) is 0 Å². The second-order valence-electron chi connectivity index (χ2n) is 3.93. The molecule has 0 saturated carbocycles. The van der Waals surface area contributed by atoms with Crippen molar-refractivity contribution >= 4 is 16.1 Å². The first-order valence-corrected chi connectivity index (χ1v) is 6.59. The average molecular weight is 294 g/mol. The van der Waals surface area contributed by atoms with Crippen molar-refractivity contribution in [3.63, 3.8) is 0 Å². The third-order valence-electron chi connectivity index (χ3n) is 2.38. The maximum Gasteiger partial charge on any atom is 0.377 e. The Morgan fingerprint density at radius 3 is 2.21 bits per heavy atom. The van der Waals surface area contributed by atoms with Gasteiger partial charge in [-0.3, -0.25) is 4.18 Å². The standard InChI is InChI=1S/C11H12F2O5S/c1-7-3-5-9(6-4-7)19(16,17)18-8(2)11(12,13)10(14)15/h3-6,8H,1-2H3,(H,14,15). The number of carboxylic acids is 1. The zero-order valence-electron chi connectivity index (χ0n) is 10.1. The highest BCUT2D eigenvalue weighted by Gasteiger charge is 2.48. The average Bonchev–Trinajstić information content (AvgIpc) is 2.28. The first-order chi connectivity index (χ1) is 8.57. The van der Waals surface area contributed by atoms with Gasteiger partial charge in [-0.1, -0.05) is 17.7 Å². The molecule has 0 aromatic heterocycles. The van der Waals surface area contributed by atoms with Gasteiger partial charge in [0.1, 0.15) is 6.10 Å². The number of rotatable bonds is 5. The summed E-state index contributed by atoms with van der Waals surface area (Å²) in [5.41, 5.74) is 0.780. The molecule has 0 saturated heterocycles. The summed E-state index contributed by atoms with van der Waals surface area (Å²) < 4.78 is 53.7. The third kappa shape index (κ3) is 3.48. The normalized spacial score (nSPS) is 14.1. The molecule has 106 valence electrons. The maximum absolute atomic E-state index is 13.1. The first kappa shape index (κ1) is 15.5. The van der Waals surface area contributed by atoms with Crippen molar-refractivity contribution in [2.45, 2.75) is 30.8 Å². The predicted molar refractivity (Wildman–Crippen MR) is 61.5 cm³/mol. The molecular formula is C11H12F2O5S. The predicted octanol–water partition coefficient (Wildman–Crippen LogP) is 1.81. The molecule has 1 aromatic carbocycles. The van der Waals surface area contributed by atoms with Crippen molar-refractivity contribution < 1.29 is 31.3 Å². The molecule has 1 atom stereocenters. The molecule has 0 aliphatic heterocycles. The van der Waals surface area contributed by atoms with E-state index in [1.54, 1.807) is 6.92 Å². The van der Waals surface area contributed by atoms with Crippen molar-refractivity contribution in [3.8, 4) is 0 Å². The van der Waals surface area contributed by atoms with E-state index in [1.807, 2.05) is 0 Å². The van der Waals surface area contributed by atoms with E-state index in [0.29, 0.717) is 6.92 Å². The summed E-state index contributed by atoms with van der Waals surface area (Å²) in [6.07, 6.45) is -2.31. The fourth-order valence-corrected chi connectivity index (χ4v) is 2.27. The molecule has 5 nitrogen and oxygen atoms in total. The van der Waals surface area contributed by atoms with Crippen LogP contribution in [0, 0.1) is 6.92 Å². The van der Waals surface area contributed by atoms with E-state index in [9.17, 15) is 22.0 Å². The Morgan fingerprint density at radius 1 is 1.32 bits per heavy atom. The third-order valence-corrected chi connectivity index (χ3v) is 3.77. The molecule has 0 aliphatic carbocycles. The minimum atomic E-state index is -4.44. The van der Waals surface area contributed by atoms with Crippen LogP contribution in [0.5, 0.6) is 0 Å². The Hall–Kier alpha value is -1.54. The van der Waals surface area contributed by atoms with Gasteiger partial charge in [0, 0.05) is 0 Å². The first-order valence-electron chi connectivity index (χ1n) is 5.18. The van der Waals surface area contributed by atoms with E-state index in [4.69, 9.17) is 5.11 Å². The van der Waals surface area contributed by atoms with Crippen LogP contribution < -0.4 is 0 Å². The molecule has 8 heteroatoms. The van der Waals surface area contributed by atoms with Gasteiger partial charge in [0.15, 0.2) is 0 Å². The lowest BCUT2D eigenvalue weighted by Gasteiger charge is -2.19. The van der Waals surface area contributed by atoms with Gasteiger partial charge in [0.25, 0.3) is 10.1 Å². The van der Waals surface area contributed by atoms with E-state index in [0.717, 1.165) is 5.56 Å². The highest BCUT2D eigenvalue weighted by molar-refractivity contribution is 7.86. The number of hydrogen-bond donors (Lipinski definition) is 1. The van der Waals surface area contributed by atoms with Gasteiger partial charge in [0.2, 0.25) is 0 Å². The van der Waals surface area contributed by atoms with Crippen LogP contribution in [0.4, 0.5) is 8.78 Å². The van der Waals surface area contributed by atoms with Crippen molar-refractivity contribution in [3.05, 3.63) is 29.8 Å². The second-order valence-corrected chi connectivity index (χ2v) is 5.51. The molecule has 1 unspecified atom stereocenters. The molecule has 1 rings (SSSR count). The molecule has 0 aliphatic rings. The second kappa shape index (κ2) is 5.22. The molecular weight excluding hydrogens is 282 g/mol. The van der Waals surface area contributed by atoms with Crippen molar-refractivity contribution in [2.24, 2.45) is 0 Å². The zero-order chi connectivity index (χ0) is 14.8. The summed E-state index contributed by atoms with van der Waals surface area (Å²) in [6.45, 7) is 2.40. The fraction of sp³-hybridized carbons (Fsp3) is 0.364. The number of benzene rings is 1. The van der Waals surface area contributed by atoms with Crippen molar-refractivity contribution in [2.75, 3.05) is 0 Å². The summed E-state index contributed by atoms with van der Waals surface area (Å²) in [7, 11) is -4.44. The zero-order valence-corrected chi connectivity index (χ0v) is 10.9. The van der Waals surface area contributed by atoms with Crippen LogP contribution in [-0.2, 0) is 19.1 Å². The fourth-order valence-electron chi connectivity index (χ4n) is 1.18. The van der Waals surface area contributed by atoms with Crippen LogP contribution in [0.2, 0.25) is 0 Å². The number of aryl methyl sites for hydroxylation is 1. The maximum atomic E-state index is 13.1. The number of carbonyl (C=O) groups is 1. The minimum absolute atomic E-state index is 0.314. The van der Waals surface area contributed by atoms with Crippen LogP contribution in [0.1, 0.15) is 12.5 Å². The summed E-state index contributed by atoms with van der Waals surface area (Å²) in [5.74, 6) is -6.74. The monoisotopic (exact) mass is 294 g/mol. The highest BCUT2D eigenvalue weighted by atomic mass is 32.2. The smallest absolute Gasteiger partial charge is 0.377 e. The molecule has 0 heterocycles. The Morgan fingerprint density at radius 2 is 1.79 bits per heavy atom. The Bertz CT molecular complexity index is 565. The van der Waals surface area contributed by atoms with Gasteiger partial charge in [-0.2, -0.15) is 17.2 Å². The number of carboxylic acid groups (broad SMARTS) is 1. The molecule has 0 radical (unpaired) electrons. The Labute approximate surface area is 108 Å². The molecule has 0 fully saturated rings. The van der Waals surface area contributed by atoms with Crippen molar-refractivity contribution in [1.29, 1.82) is 0 Å². The molecule has 19 heavy (non-hydrogen) atoms. The van der Waals surface area contributed by atoms with Crippen LogP contribution in [-0.4, -0.2) is 31.5 Å². The number of alkyl halides is 2. The minimum Gasteiger partial charge on any atom is -0.477 e. The van der Waals surface area contributed by atoms with Gasteiger partial charge in [0.05, 0.1) is 4.90 Å². The van der Waals surface area contributed by atoms with E-state index < -0.39 is 28.1 Å². The Kier molecular flexibility index (Phi) is 4.26. The lowest BCUT2D eigenvalue weighted by atomic mass is 10.2.